The predicted molar refractivity (Wildman–Crippen MR) is 122 cm³/mol. The standard InChI is InChI=1S/C23H24FN5O2S/c1-16-11-23-17(13-25-29(23)20-5-3-18(24)4-6-20)12-22(16)28-10-7-19(14-28)26-32(30,31)21-8-9-27(2)15-21/h3-6,8-9,11-13,15,19,26H,7,10,14H2,1-2H3/t19-/m0/s1. The number of halogens is 1. The van der Waals surface area contributed by atoms with Gasteiger partial charge in [-0.1, -0.05) is 0 Å². The van der Waals surface area contributed by atoms with Crippen molar-refractivity contribution in [1.29, 1.82) is 0 Å². The Morgan fingerprint density at radius 1 is 1.16 bits per heavy atom. The summed E-state index contributed by atoms with van der Waals surface area (Å²) >= 11 is 0. The van der Waals surface area contributed by atoms with Gasteiger partial charge in [0.15, 0.2) is 0 Å². The van der Waals surface area contributed by atoms with Gasteiger partial charge in [-0.25, -0.2) is 22.2 Å². The molecule has 7 nitrogen and oxygen atoms in total. The van der Waals surface area contributed by atoms with Gasteiger partial charge in [-0.15, -0.1) is 0 Å². The Morgan fingerprint density at radius 3 is 2.66 bits per heavy atom. The average molecular weight is 454 g/mol. The van der Waals surface area contributed by atoms with Crippen molar-refractivity contribution in [3.63, 3.8) is 0 Å². The number of nitrogens with zero attached hydrogens (tertiary/aromatic N) is 4. The highest BCUT2D eigenvalue weighted by Gasteiger charge is 2.28. The maximum atomic E-state index is 13.3. The summed E-state index contributed by atoms with van der Waals surface area (Å²) in [6, 6.07) is 11.9. The van der Waals surface area contributed by atoms with E-state index in [9.17, 15) is 12.8 Å². The van der Waals surface area contributed by atoms with Gasteiger partial charge in [0, 0.05) is 49.6 Å². The Morgan fingerprint density at radius 2 is 1.94 bits per heavy atom. The first-order valence-corrected chi connectivity index (χ1v) is 11.9. The number of fused-ring (bicyclic) bond motifs is 1. The van der Waals surface area contributed by atoms with Crippen LogP contribution in [0.4, 0.5) is 10.1 Å². The lowest BCUT2D eigenvalue weighted by molar-refractivity contribution is 0.561. The van der Waals surface area contributed by atoms with Crippen LogP contribution in [0.15, 0.2) is 66.0 Å². The summed E-state index contributed by atoms with van der Waals surface area (Å²) in [6.07, 6.45) is 5.86. The quantitative estimate of drug-likeness (QED) is 0.503. The van der Waals surface area contributed by atoms with E-state index in [1.54, 1.807) is 53.1 Å². The molecule has 0 spiro atoms. The highest BCUT2D eigenvalue weighted by molar-refractivity contribution is 7.89. The summed E-state index contributed by atoms with van der Waals surface area (Å²) < 4.78 is 45.0. The molecule has 0 bridgehead atoms. The van der Waals surface area contributed by atoms with Gasteiger partial charge in [0.05, 0.1) is 22.3 Å². The molecule has 0 saturated carbocycles. The molecule has 1 aliphatic rings. The van der Waals surface area contributed by atoms with Crippen LogP contribution in [0.3, 0.4) is 0 Å². The minimum atomic E-state index is -3.54. The first-order chi connectivity index (χ1) is 15.3. The van der Waals surface area contributed by atoms with E-state index in [4.69, 9.17) is 0 Å². The number of sulfonamides is 1. The van der Waals surface area contributed by atoms with Crippen LogP contribution in [0, 0.1) is 12.7 Å². The highest BCUT2D eigenvalue weighted by Crippen LogP contribution is 2.30. The Kier molecular flexibility index (Phi) is 5.02. The fraction of sp³-hybridized carbons (Fsp3) is 0.261. The topological polar surface area (TPSA) is 72.2 Å². The molecule has 1 fully saturated rings. The molecule has 166 valence electrons. The molecule has 1 N–H and O–H groups in total. The van der Waals surface area contributed by atoms with Gasteiger partial charge < -0.3 is 9.47 Å². The second-order valence-electron chi connectivity index (χ2n) is 8.30. The molecule has 32 heavy (non-hydrogen) atoms. The predicted octanol–water partition coefficient (Wildman–Crippen LogP) is 3.37. The van der Waals surface area contributed by atoms with Crippen LogP contribution >= 0.6 is 0 Å². The van der Waals surface area contributed by atoms with Crippen LogP contribution in [-0.2, 0) is 17.1 Å². The molecule has 2 aromatic carbocycles. The number of hydrogen-bond acceptors (Lipinski definition) is 4. The lowest BCUT2D eigenvalue weighted by Crippen LogP contribution is -2.37. The molecular formula is C23H24FN5O2S. The molecule has 0 amide bonds. The van der Waals surface area contributed by atoms with Crippen molar-refractivity contribution in [1.82, 2.24) is 19.1 Å². The molecule has 4 aromatic rings. The Labute approximate surface area is 186 Å². The molecule has 1 aliphatic heterocycles. The van der Waals surface area contributed by atoms with Gasteiger partial charge >= 0.3 is 0 Å². The molecule has 9 heteroatoms. The monoisotopic (exact) mass is 453 g/mol. The normalized spacial score (nSPS) is 16.8. The molecule has 0 radical (unpaired) electrons. The molecule has 3 heterocycles. The van der Waals surface area contributed by atoms with Crippen molar-refractivity contribution in [2.45, 2.75) is 24.3 Å². The fourth-order valence-corrected chi connectivity index (χ4v) is 5.61. The Hall–Kier alpha value is -3.17. The second kappa shape index (κ2) is 7.75. The van der Waals surface area contributed by atoms with E-state index in [2.05, 4.69) is 26.9 Å². The maximum absolute atomic E-state index is 13.3. The van der Waals surface area contributed by atoms with Gasteiger partial charge in [-0.2, -0.15) is 5.10 Å². The number of rotatable bonds is 5. The van der Waals surface area contributed by atoms with Crippen molar-refractivity contribution < 1.29 is 12.8 Å². The number of nitrogens with one attached hydrogen (secondary N) is 1. The van der Waals surface area contributed by atoms with Crippen molar-refractivity contribution in [3.05, 3.63) is 72.4 Å². The van der Waals surface area contributed by atoms with E-state index in [1.165, 1.54) is 12.1 Å². The summed E-state index contributed by atoms with van der Waals surface area (Å²) in [5.41, 5.74) is 3.88. The summed E-state index contributed by atoms with van der Waals surface area (Å²) in [7, 11) is -1.74. The molecule has 0 aliphatic carbocycles. The average Bonchev–Trinajstić information content (AvgIpc) is 3.48. The van der Waals surface area contributed by atoms with E-state index in [0.717, 1.165) is 40.8 Å². The van der Waals surface area contributed by atoms with Gasteiger partial charge in [0.2, 0.25) is 10.0 Å². The van der Waals surface area contributed by atoms with Crippen LogP contribution in [-0.4, -0.2) is 41.9 Å². The SMILES string of the molecule is Cc1cc2c(cnn2-c2ccc(F)cc2)cc1N1CC[C@H](NS(=O)(=O)c2ccn(C)c2)C1. The van der Waals surface area contributed by atoms with E-state index in [1.807, 2.05) is 6.92 Å². The third-order valence-corrected chi connectivity index (χ3v) is 7.43. The smallest absolute Gasteiger partial charge is 0.242 e. The zero-order chi connectivity index (χ0) is 22.5. The van der Waals surface area contributed by atoms with E-state index in [0.29, 0.717) is 6.54 Å². The maximum Gasteiger partial charge on any atom is 0.242 e. The van der Waals surface area contributed by atoms with Crippen LogP contribution in [0.1, 0.15) is 12.0 Å². The lowest BCUT2D eigenvalue weighted by atomic mass is 10.1. The number of aryl methyl sites for hydroxylation is 2. The molecule has 2 aromatic heterocycles. The van der Waals surface area contributed by atoms with Crippen molar-refractivity contribution >= 4 is 26.6 Å². The van der Waals surface area contributed by atoms with Crippen molar-refractivity contribution in [2.75, 3.05) is 18.0 Å². The van der Waals surface area contributed by atoms with Gasteiger partial charge in [-0.05, 0) is 61.4 Å². The van der Waals surface area contributed by atoms with E-state index in [-0.39, 0.29) is 16.8 Å². The Balaban J connectivity index is 1.37. The molecular weight excluding hydrogens is 429 g/mol. The summed E-state index contributed by atoms with van der Waals surface area (Å²) in [6.45, 7) is 3.41. The summed E-state index contributed by atoms with van der Waals surface area (Å²) in [5, 5.41) is 5.46. The molecule has 1 atom stereocenters. The number of anilines is 1. The molecule has 0 unspecified atom stereocenters. The zero-order valence-corrected chi connectivity index (χ0v) is 18.7. The van der Waals surface area contributed by atoms with Crippen LogP contribution in [0.2, 0.25) is 0 Å². The van der Waals surface area contributed by atoms with Gasteiger partial charge in [-0.3, -0.25) is 0 Å². The lowest BCUT2D eigenvalue weighted by Gasteiger charge is -2.21. The van der Waals surface area contributed by atoms with Gasteiger partial charge in [0.1, 0.15) is 5.82 Å². The first kappa shape index (κ1) is 20.7. The third-order valence-electron chi connectivity index (χ3n) is 5.92. The summed E-state index contributed by atoms with van der Waals surface area (Å²) in [4.78, 5) is 2.49. The number of aromatic nitrogens is 3. The van der Waals surface area contributed by atoms with Gasteiger partial charge in [0.25, 0.3) is 0 Å². The van der Waals surface area contributed by atoms with E-state index < -0.39 is 10.0 Å². The minimum Gasteiger partial charge on any atom is -0.370 e. The van der Waals surface area contributed by atoms with E-state index >= 15 is 0 Å². The first-order valence-electron chi connectivity index (χ1n) is 10.4. The number of hydrogen-bond donors (Lipinski definition) is 1. The third kappa shape index (κ3) is 3.78. The Bertz CT molecular complexity index is 1390. The minimum absolute atomic E-state index is 0.155. The largest absolute Gasteiger partial charge is 0.370 e. The fourth-order valence-electron chi connectivity index (χ4n) is 4.29. The van der Waals surface area contributed by atoms with Crippen LogP contribution in [0.5, 0.6) is 0 Å². The second-order valence-corrected chi connectivity index (χ2v) is 10.0. The molecule has 5 rings (SSSR count). The van der Waals surface area contributed by atoms with Crippen LogP contribution < -0.4 is 9.62 Å². The summed E-state index contributed by atoms with van der Waals surface area (Å²) in [5.74, 6) is -0.282. The zero-order valence-electron chi connectivity index (χ0n) is 17.9. The van der Waals surface area contributed by atoms with Crippen molar-refractivity contribution in [3.8, 4) is 5.69 Å². The number of benzene rings is 2. The van der Waals surface area contributed by atoms with Crippen molar-refractivity contribution in [2.24, 2.45) is 7.05 Å². The molecule has 1 saturated heterocycles. The highest BCUT2D eigenvalue weighted by atomic mass is 32.2. The van der Waals surface area contributed by atoms with Crippen LogP contribution in [0.25, 0.3) is 16.6 Å².